The third-order valence-electron chi connectivity index (χ3n) is 2.46. The second-order valence-corrected chi connectivity index (χ2v) is 5.14. The van der Waals surface area contributed by atoms with Crippen molar-refractivity contribution in [3.8, 4) is 11.8 Å². The summed E-state index contributed by atoms with van der Waals surface area (Å²) < 4.78 is 5.91. The number of nitriles is 1. The number of anilines is 1. The number of halogens is 1. The van der Waals surface area contributed by atoms with Crippen LogP contribution >= 0.6 is 15.9 Å². The van der Waals surface area contributed by atoms with Crippen molar-refractivity contribution in [2.45, 2.75) is 13.8 Å². The van der Waals surface area contributed by atoms with Crippen molar-refractivity contribution < 1.29 is 9.53 Å². The van der Waals surface area contributed by atoms with Crippen LogP contribution in [0.4, 0.5) is 5.69 Å². The molecule has 1 amide bonds. The Morgan fingerprint density at radius 3 is 2.61 bits per heavy atom. The Hall–Kier alpha value is -1.54. The minimum atomic E-state index is -0.657. The first-order chi connectivity index (χ1) is 8.47. The maximum absolute atomic E-state index is 11.9. The highest BCUT2D eigenvalue weighted by Gasteiger charge is 2.21. The van der Waals surface area contributed by atoms with Gasteiger partial charge in [0, 0.05) is 16.2 Å². The summed E-state index contributed by atoms with van der Waals surface area (Å²) in [6.07, 6.45) is 0. The molecule has 5 heteroatoms. The van der Waals surface area contributed by atoms with Gasteiger partial charge in [-0.2, -0.15) is 5.26 Å². The molecule has 0 aromatic heterocycles. The molecule has 18 heavy (non-hydrogen) atoms. The Balaban J connectivity index is 2.88. The molecule has 0 spiro atoms. The first-order valence-electron chi connectivity index (χ1n) is 5.53. The van der Waals surface area contributed by atoms with Gasteiger partial charge in [-0.3, -0.25) is 4.79 Å². The summed E-state index contributed by atoms with van der Waals surface area (Å²) in [4.78, 5) is 11.9. The predicted octanol–water partition coefficient (Wildman–Crippen LogP) is 3.19. The van der Waals surface area contributed by atoms with Crippen LogP contribution in [0.2, 0.25) is 0 Å². The fourth-order valence-electron chi connectivity index (χ4n) is 1.48. The van der Waals surface area contributed by atoms with Gasteiger partial charge in [-0.15, -0.1) is 0 Å². The maximum Gasteiger partial charge on any atom is 0.241 e. The van der Waals surface area contributed by atoms with Crippen LogP contribution in [-0.2, 0) is 4.79 Å². The van der Waals surface area contributed by atoms with Crippen molar-refractivity contribution in [1.29, 1.82) is 5.26 Å². The minimum Gasteiger partial charge on any atom is -0.497 e. The van der Waals surface area contributed by atoms with E-state index >= 15 is 0 Å². The summed E-state index contributed by atoms with van der Waals surface area (Å²) >= 11 is 3.33. The van der Waals surface area contributed by atoms with E-state index in [9.17, 15) is 4.79 Å². The molecule has 0 aliphatic carbocycles. The van der Waals surface area contributed by atoms with Gasteiger partial charge in [0.2, 0.25) is 5.91 Å². The molecule has 0 aliphatic rings. The number of hydrogen-bond acceptors (Lipinski definition) is 3. The van der Waals surface area contributed by atoms with Gasteiger partial charge in [0.05, 0.1) is 13.2 Å². The predicted molar refractivity (Wildman–Crippen MR) is 73.3 cm³/mol. The van der Waals surface area contributed by atoms with E-state index in [0.29, 0.717) is 11.4 Å². The van der Waals surface area contributed by atoms with E-state index in [0.717, 1.165) is 4.47 Å². The lowest BCUT2D eigenvalue weighted by atomic mass is 9.96. The second kappa shape index (κ2) is 6.41. The van der Waals surface area contributed by atoms with Gasteiger partial charge >= 0.3 is 0 Å². The molecule has 0 heterocycles. The number of hydrogen-bond donors (Lipinski definition) is 1. The number of methoxy groups -OCH3 is 1. The number of nitrogens with zero attached hydrogens (tertiary/aromatic N) is 1. The molecule has 4 nitrogen and oxygen atoms in total. The van der Waals surface area contributed by atoms with Gasteiger partial charge in [0.25, 0.3) is 0 Å². The molecule has 1 aromatic carbocycles. The Kier molecular flexibility index (Phi) is 5.17. The number of amides is 1. The third kappa shape index (κ3) is 3.74. The number of ether oxygens (including phenoxy) is 1. The molecule has 0 fully saturated rings. The Labute approximate surface area is 115 Å². The summed E-state index contributed by atoms with van der Waals surface area (Å²) in [7, 11) is 1.56. The number of carbonyl (C=O) groups excluding carboxylic acids is 1. The first kappa shape index (κ1) is 14.5. The fourth-order valence-corrected chi connectivity index (χ4v) is 1.96. The van der Waals surface area contributed by atoms with E-state index in [4.69, 9.17) is 10.00 Å². The Morgan fingerprint density at radius 2 is 2.11 bits per heavy atom. The molecule has 0 saturated carbocycles. The van der Waals surface area contributed by atoms with Crippen LogP contribution in [0.5, 0.6) is 5.75 Å². The average Bonchev–Trinajstić information content (AvgIpc) is 2.28. The summed E-state index contributed by atoms with van der Waals surface area (Å²) in [5.41, 5.74) is 0.604. The van der Waals surface area contributed by atoms with E-state index in [1.54, 1.807) is 25.3 Å². The van der Waals surface area contributed by atoms with Crippen LogP contribution < -0.4 is 10.1 Å². The molecule has 1 N–H and O–H groups in total. The second-order valence-electron chi connectivity index (χ2n) is 4.22. The summed E-state index contributed by atoms with van der Waals surface area (Å²) in [6, 6.07) is 7.27. The summed E-state index contributed by atoms with van der Waals surface area (Å²) in [5, 5.41) is 11.7. The van der Waals surface area contributed by atoms with Crippen molar-refractivity contribution in [2.24, 2.45) is 11.8 Å². The molecule has 1 unspecified atom stereocenters. The molecule has 1 atom stereocenters. The number of rotatable bonds is 4. The van der Waals surface area contributed by atoms with Crippen molar-refractivity contribution >= 4 is 27.5 Å². The van der Waals surface area contributed by atoms with Gasteiger partial charge in [0.15, 0.2) is 0 Å². The van der Waals surface area contributed by atoms with Gasteiger partial charge < -0.3 is 10.1 Å². The van der Waals surface area contributed by atoms with Crippen molar-refractivity contribution in [2.75, 3.05) is 12.4 Å². The lowest BCUT2D eigenvalue weighted by Crippen LogP contribution is -2.25. The van der Waals surface area contributed by atoms with Crippen molar-refractivity contribution in [1.82, 2.24) is 0 Å². The van der Waals surface area contributed by atoms with Crippen LogP contribution in [0, 0.1) is 23.2 Å². The molecule has 0 aliphatic heterocycles. The van der Waals surface area contributed by atoms with Crippen LogP contribution in [0.3, 0.4) is 0 Å². The van der Waals surface area contributed by atoms with Crippen LogP contribution in [0.1, 0.15) is 13.8 Å². The topological polar surface area (TPSA) is 62.1 Å². The monoisotopic (exact) mass is 310 g/mol. The standard InChI is InChI=1S/C13H15BrN2O2/c1-8(2)12(7-15)13(17)16-10-4-9(14)5-11(6-10)18-3/h4-6,8,12H,1-3H3,(H,16,17). The normalized spacial score (nSPS) is 11.8. The van der Waals surface area contributed by atoms with Crippen LogP contribution in [0.25, 0.3) is 0 Å². The zero-order valence-electron chi connectivity index (χ0n) is 10.5. The molecule has 0 saturated heterocycles. The van der Waals surface area contributed by atoms with Crippen LogP contribution in [0.15, 0.2) is 22.7 Å². The third-order valence-corrected chi connectivity index (χ3v) is 2.92. The molecule has 0 bridgehead atoms. The highest BCUT2D eigenvalue weighted by atomic mass is 79.9. The molecule has 1 rings (SSSR count). The molecular weight excluding hydrogens is 296 g/mol. The van der Waals surface area contributed by atoms with Crippen molar-refractivity contribution in [3.63, 3.8) is 0 Å². The van der Waals surface area contributed by atoms with Gasteiger partial charge in [-0.25, -0.2) is 0 Å². The summed E-state index contributed by atoms with van der Waals surface area (Å²) in [5.74, 6) is -0.343. The number of benzene rings is 1. The molecular formula is C13H15BrN2O2. The van der Waals surface area contributed by atoms with E-state index in [1.165, 1.54) is 0 Å². The van der Waals surface area contributed by atoms with Crippen LogP contribution in [-0.4, -0.2) is 13.0 Å². The lowest BCUT2D eigenvalue weighted by Gasteiger charge is -2.14. The maximum atomic E-state index is 11.9. The smallest absolute Gasteiger partial charge is 0.241 e. The average molecular weight is 311 g/mol. The number of nitrogens with one attached hydrogen (secondary N) is 1. The minimum absolute atomic E-state index is 0.0240. The molecule has 0 radical (unpaired) electrons. The highest BCUT2D eigenvalue weighted by Crippen LogP contribution is 2.25. The zero-order chi connectivity index (χ0) is 13.7. The van der Waals surface area contributed by atoms with E-state index in [2.05, 4.69) is 21.2 Å². The SMILES string of the molecule is COc1cc(Br)cc(NC(=O)C(C#N)C(C)C)c1. The summed E-state index contributed by atoms with van der Waals surface area (Å²) in [6.45, 7) is 3.68. The van der Waals surface area contributed by atoms with Gasteiger partial charge in [-0.05, 0) is 18.1 Å². The highest BCUT2D eigenvalue weighted by molar-refractivity contribution is 9.10. The lowest BCUT2D eigenvalue weighted by molar-refractivity contribution is -0.119. The zero-order valence-corrected chi connectivity index (χ0v) is 12.1. The van der Waals surface area contributed by atoms with E-state index < -0.39 is 5.92 Å². The first-order valence-corrected chi connectivity index (χ1v) is 6.32. The van der Waals surface area contributed by atoms with E-state index in [1.807, 2.05) is 19.9 Å². The molecule has 96 valence electrons. The van der Waals surface area contributed by atoms with E-state index in [-0.39, 0.29) is 11.8 Å². The fraction of sp³-hybridized carbons (Fsp3) is 0.385. The molecule has 1 aromatic rings. The number of carbonyl (C=O) groups is 1. The quantitative estimate of drug-likeness (QED) is 0.929. The Morgan fingerprint density at radius 1 is 1.44 bits per heavy atom. The largest absolute Gasteiger partial charge is 0.497 e. The van der Waals surface area contributed by atoms with Gasteiger partial charge in [-0.1, -0.05) is 29.8 Å². The van der Waals surface area contributed by atoms with Crippen molar-refractivity contribution in [3.05, 3.63) is 22.7 Å². The van der Waals surface area contributed by atoms with Gasteiger partial charge in [0.1, 0.15) is 11.7 Å². The Bertz CT molecular complexity index is 480.